The maximum absolute atomic E-state index is 13.3. The Labute approximate surface area is 197 Å². The lowest BCUT2D eigenvalue weighted by Gasteiger charge is -2.22. The number of furan rings is 1. The van der Waals surface area contributed by atoms with Crippen LogP contribution in [0.25, 0.3) is 0 Å². The quantitative estimate of drug-likeness (QED) is 0.311. The van der Waals surface area contributed by atoms with Gasteiger partial charge in [-0.2, -0.15) is 5.10 Å². The lowest BCUT2D eigenvalue weighted by molar-refractivity contribution is -0.384. The summed E-state index contributed by atoms with van der Waals surface area (Å²) in [6.45, 7) is -0.575. The van der Waals surface area contributed by atoms with Gasteiger partial charge in [-0.3, -0.25) is 29.4 Å². The Morgan fingerprint density at radius 3 is 2.53 bits per heavy atom. The third kappa shape index (κ3) is 3.63. The zero-order chi connectivity index (χ0) is 24.0. The van der Waals surface area contributed by atoms with Crippen LogP contribution < -0.4 is 0 Å². The van der Waals surface area contributed by atoms with E-state index in [0.29, 0.717) is 22.9 Å². The van der Waals surface area contributed by atoms with E-state index in [4.69, 9.17) is 16.0 Å². The van der Waals surface area contributed by atoms with Gasteiger partial charge in [0.2, 0.25) is 0 Å². The van der Waals surface area contributed by atoms with Crippen LogP contribution in [-0.2, 0) is 4.79 Å². The van der Waals surface area contributed by atoms with Crippen molar-refractivity contribution in [2.24, 2.45) is 5.10 Å². The number of nitro groups is 1. The molecule has 0 aliphatic carbocycles. The van der Waals surface area contributed by atoms with E-state index in [2.05, 4.69) is 5.10 Å². The minimum Gasteiger partial charge on any atom is -0.467 e. The summed E-state index contributed by atoms with van der Waals surface area (Å²) in [6.07, 6.45) is 1.84. The van der Waals surface area contributed by atoms with E-state index in [-0.39, 0.29) is 16.8 Å². The van der Waals surface area contributed by atoms with Gasteiger partial charge < -0.3 is 4.42 Å². The Hall–Kier alpha value is -4.31. The zero-order valence-electron chi connectivity index (χ0n) is 17.4. The van der Waals surface area contributed by atoms with E-state index < -0.39 is 35.2 Å². The lowest BCUT2D eigenvalue weighted by atomic mass is 10.0. The van der Waals surface area contributed by atoms with Gasteiger partial charge in [0.15, 0.2) is 0 Å². The van der Waals surface area contributed by atoms with Crippen LogP contribution in [0.3, 0.4) is 0 Å². The first kappa shape index (κ1) is 21.5. The number of rotatable bonds is 5. The van der Waals surface area contributed by atoms with Crippen molar-refractivity contribution in [2.75, 3.05) is 6.54 Å². The number of non-ortho nitro benzene ring substituents is 1. The Morgan fingerprint density at radius 2 is 1.85 bits per heavy atom. The Bertz CT molecular complexity index is 1370. The molecule has 11 heteroatoms. The Balaban J connectivity index is 1.42. The summed E-state index contributed by atoms with van der Waals surface area (Å²) < 4.78 is 5.50. The highest BCUT2D eigenvalue weighted by molar-refractivity contribution is 6.30. The molecule has 0 fully saturated rings. The SMILES string of the molecule is O=C1c2ccc([N+](=O)[O-])cc2C(=O)N1CC(=O)N1N=C(c2ccc(Cl)cc2)C[C@H]1c1ccco1. The molecule has 10 nitrogen and oxygen atoms in total. The van der Waals surface area contributed by atoms with Gasteiger partial charge in [-0.05, 0) is 35.9 Å². The first-order valence-corrected chi connectivity index (χ1v) is 10.5. The van der Waals surface area contributed by atoms with Gasteiger partial charge in [-0.25, -0.2) is 5.01 Å². The molecule has 1 atom stereocenters. The number of hydrogen-bond acceptors (Lipinski definition) is 7. The van der Waals surface area contributed by atoms with Crippen LogP contribution in [0.4, 0.5) is 5.69 Å². The number of carbonyl (C=O) groups is 3. The van der Waals surface area contributed by atoms with Crippen molar-refractivity contribution >= 4 is 40.7 Å². The molecule has 0 bridgehead atoms. The van der Waals surface area contributed by atoms with Gasteiger partial charge >= 0.3 is 0 Å². The summed E-state index contributed by atoms with van der Waals surface area (Å²) in [5.41, 5.74) is 0.968. The zero-order valence-corrected chi connectivity index (χ0v) is 18.1. The number of fused-ring (bicyclic) bond motifs is 1. The number of benzene rings is 2. The molecule has 3 aromatic rings. The van der Waals surface area contributed by atoms with Crippen molar-refractivity contribution in [1.29, 1.82) is 0 Å². The van der Waals surface area contributed by atoms with Crippen LogP contribution in [0.1, 0.15) is 44.5 Å². The van der Waals surface area contributed by atoms with Gasteiger partial charge in [-0.1, -0.05) is 23.7 Å². The van der Waals surface area contributed by atoms with Gasteiger partial charge in [-0.15, -0.1) is 0 Å². The highest BCUT2D eigenvalue weighted by Gasteiger charge is 2.41. The molecule has 0 unspecified atom stereocenters. The molecule has 2 aliphatic rings. The fourth-order valence-electron chi connectivity index (χ4n) is 4.00. The van der Waals surface area contributed by atoms with Crippen LogP contribution in [0.15, 0.2) is 70.4 Å². The molecule has 3 heterocycles. The maximum atomic E-state index is 13.3. The molecule has 0 spiro atoms. The third-order valence-electron chi connectivity index (χ3n) is 5.67. The summed E-state index contributed by atoms with van der Waals surface area (Å²) in [5, 5.41) is 17.3. The second kappa shape index (κ2) is 8.23. The van der Waals surface area contributed by atoms with Crippen LogP contribution in [0.5, 0.6) is 0 Å². The molecule has 5 rings (SSSR count). The fourth-order valence-corrected chi connectivity index (χ4v) is 4.13. The van der Waals surface area contributed by atoms with Crippen molar-refractivity contribution in [3.8, 4) is 0 Å². The molecule has 34 heavy (non-hydrogen) atoms. The average molecular weight is 479 g/mol. The average Bonchev–Trinajstić information content (AvgIpc) is 3.55. The van der Waals surface area contributed by atoms with Crippen molar-refractivity contribution in [3.05, 3.63) is 98.4 Å². The molecule has 0 saturated carbocycles. The van der Waals surface area contributed by atoms with Crippen LogP contribution >= 0.6 is 11.6 Å². The number of hydrazone groups is 1. The number of nitro benzene ring substituents is 1. The molecule has 0 saturated heterocycles. The molecule has 2 aromatic carbocycles. The largest absolute Gasteiger partial charge is 0.467 e. The topological polar surface area (TPSA) is 126 Å². The van der Waals surface area contributed by atoms with Crippen molar-refractivity contribution in [3.63, 3.8) is 0 Å². The molecule has 170 valence electrons. The van der Waals surface area contributed by atoms with E-state index in [0.717, 1.165) is 22.6 Å². The minimum absolute atomic E-state index is 0.0118. The number of hydrogen-bond donors (Lipinski definition) is 0. The van der Waals surface area contributed by atoms with E-state index in [1.807, 2.05) is 0 Å². The standard InChI is InChI=1S/C23H15ClN4O6/c24-14-5-3-13(4-6-14)18-11-19(20-2-1-9-34-20)27(25-18)21(29)12-26-22(30)16-8-7-15(28(32)33)10-17(16)23(26)31/h1-10,19H,11-12H2/t19-/m0/s1. The van der Waals surface area contributed by atoms with Crippen molar-refractivity contribution < 1.29 is 23.7 Å². The third-order valence-corrected chi connectivity index (χ3v) is 5.93. The van der Waals surface area contributed by atoms with Crippen molar-refractivity contribution in [1.82, 2.24) is 9.91 Å². The molecular weight excluding hydrogens is 464 g/mol. The maximum Gasteiger partial charge on any atom is 0.270 e. The highest BCUT2D eigenvalue weighted by Crippen LogP contribution is 2.34. The number of halogens is 1. The Kier molecular flexibility index (Phi) is 5.21. The summed E-state index contributed by atoms with van der Waals surface area (Å²) >= 11 is 5.97. The predicted molar refractivity (Wildman–Crippen MR) is 119 cm³/mol. The highest BCUT2D eigenvalue weighted by atomic mass is 35.5. The number of imide groups is 1. The van der Waals surface area contributed by atoms with Gasteiger partial charge in [0.25, 0.3) is 23.4 Å². The van der Waals surface area contributed by atoms with E-state index >= 15 is 0 Å². The van der Waals surface area contributed by atoms with Gasteiger partial charge in [0, 0.05) is 23.6 Å². The summed E-state index contributed by atoms with van der Waals surface area (Å²) in [4.78, 5) is 50.0. The second-order valence-electron chi connectivity index (χ2n) is 7.71. The lowest BCUT2D eigenvalue weighted by Crippen LogP contribution is -2.41. The molecule has 0 radical (unpaired) electrons. The first-order chi connectivity index (χ1) is 16.3. The molecule has 0 N–H and O–H groups in total. The van der Waals surface area contributed by atoms with Crippen LogP contribution in [0.2, 0.25) is 5.02 Å². The smallest absolute Gasteiger partial charge is 0.270 e. The normalized spacial score (nSPS) is 17.2. The second-order valence-corrected chi connectivity index (χ2v) is 8.15. The van der Waals surface area contributed by atoms with Crippen molar-refractivity contribution in [2.45, 2.75) is 12.5 Å². The summed E-state index contributed by atoms with van der Waals surface area (Å²) in [6, 6.07) is 13.2. The summed E-state index contributed by atoms with van der Waals surface area (Å²) in [7, 11) is 0. The summed E-state index contributed by atoms with van der Waals surface area (Å²) in [5.74, 6) is -1.57. The number of amides is 3. The minimum atomic E-state index is -0.771. The molecule has 2 aliphatic heterocycles. The van der Waals surface area contributed by atoms with Crippen LogP contribution in [0, 0.1) is 10.1 Å². The van der Waals surface area contributed by atoms with E-state index in [1.54, 1.807) is 36.4 Å². The molecule has 3 amide bonds. The Morgan fingerprint density at radius 1 is 1.12 bits per heavy atom. The van der Waals surface area contributed by atoms with Gasteiger partial charge in [0.05, 0.1) is 28.0 Å². The molecule has 1 aromatic heterocycles. The van der Waals surface area contributed by atoms with E-state index in [1.165, 1.54) is 17.3 Å². The first-order valence-electron chi connectivity index (χ1n) is 10.2. The van der Waals surface area contributed by atoms with E-state index in [9.17, 15) is 24.5 Å². The van der Waals surface area contributed by atoms with Crippen LogP contribution in [-0.4, -0.2) is 44.8 Å². The fraction of sp³-hybridized carbons (Fsp3) is 0.130. The predicted octanol–water partition coefficient (Wildman–Crippen LogP) is 3.82. The molecular formula is C23H15ClN4O6. The number of nitrogens with zero attached hydrogens (tertiary/aromatic N) is 4. The van der Waals surface area contributed by atoms with Gasteiger partial charge in [0.1, 0.15) is 18.3 Å². The monoisotopic (exact) mass is 478 g/mol. The number of carbonyl (C=O) groups excluding carboxylic acids is 3.